The zero-order valence-corrected chi connectivity index (χ0v) is 18.0. The zero-order chi connectivity index (χ0) is 22.9. The number of nitrogens with zero attached hydrogens (tertiary/aromatic N) is 5. The number of carbonyl (C=O) groups is 1. The van der Waals surface area contributed by atoms with Crippen LogP contribution in [-0.2, 0) is 0 Å². The molecule has 34 heavy (non-hydrogen) atoms. The van der Waals surface area contributed by atoms with E-state index in [-0.39, 0.29) is 5.91 Å². The van der Waals surface area contributed by atoms with Crippen molar-refractivity contribution in [2.45, 2.75) is 0 Å². The maximum absolute atomic E-state index is 12.9. The number of hydrogen-bond acceptors (Lipinski definition) is 6. The maximum Gasteiger partial charge on any atom is 0.272 e. The van der Waals surface area contributed by atoms with Gasteiger partial charge in [0.25, 0.3) is 5.91 Å². The van der Waals surface area contributed by atoms with Crippen molar-refractivity contribution < 1.29 is 14.3 Å². The van der Waals surface area contributed by atoms with E-state index in [4.69, 9.17) is 14.6 Å². The lowest BCUT2D eigenvalue weighted by Crippen LogP contribution is -2.15. The van der Waals surface area contributed by atoms with Crippen LogP contribution in [0.5, 0.6) is 11.5 Å². The molecule has 0 radical (unpaired) electrons. The summed E-state index contributed by atoms with van der Waals surface area (Å²) in [6.07, 6.45) is 5.12. The van der Waals surface area contributed by atoms with E-state index in [9.17, 15) is 4.79 Å². The molecule has 0 fully saturated rings. The first-order valence-corrected chi connectivity index (χ1v) is 10.8. The van der Waals surface area contributed by atoms with Gasteiger partial charge >= 0.3 is 0 Å². The minimum Gasteiger partial charge on any atom is -0.486 e. The maximum atomic E-state index is 12.9. The average Bonchev–Trinajstić information content (AvgIpc) is 3.52. The van der Waals surface area contributed by atoms with Gasteiger partial charge in [0.15, 0.2) is 11.5 Å². The van der Waals surface area contributed by atoms with E-state index in [1.165, 1.54) is 10.8 Å². The highest BCUT2D eigenvalue weighted by atomic mass is 16.6. The van der Waals surface area contributed by atoms with Crippen molar-refractivity contribution in [1.29, 1.82) is 0 Å². The monoisotopic (exact) mass is 449 g/mol. The van der Waals surface area contributed by atoms with Crippen LogP contribution in [-0.4, -0.2) is 43.9 Å². The summed E-state index contributed by atoms with van der Waals surface area (Å²) in [4.78, 5) is 12.9. The van der Waals surface area contributed by atoms with Crippen LogP contribution >= 0.6 is 0 Å². The van der Waals surface area contributed by atoms with Crippen molar-refractivity contribution in [3.05, 3.63) is 90.6 Å². The topological polar surface area (TPSA) is 84.1 Å². The average molecular weight is 449 g/mol. The summed E-state index contributed by atoms with van der Waals surface area (Å²) in [5.41, 5.74) is 4.58. The molecule has 0 saturated heterocycles. The Morgan fingerprint density at radius 3 is 2.59 bits per heavy atom. The largest absolute Gasteiger partial charge is 0.486 e. The van der Waals surface area contributed by atoms with Gasteiger partial charge in [-0.05, 0) is 48.5 Å². The van der Waals surface area contributed by atoms with Gasteiger partial charge in [-0.25, -0.2) is 4.68 Å². The molecule has 5 aromatic rings. The Morgan fingerprint density at radius 1 is 0.912 bits per heavy atom. The molecule has 2 aromatic heterocycles. The minimum absolute atomic E-state index is 0.297. The quantitative estimate of drug-likeness (QED) is 0.378. The standard InChI is InChI=1S/C26H19N5O3/c32-25(31-22-9-5-4-8-21(22)27-29-31)13-11-19-17-30(20-6-2-1-3-7-20)28-26(19)18-10-12-23-24(16-18)34-15-14-33-23/h1-13,16-17H,14-15H2. The van der Waals surface area contributed by atoms with Gasteiger partial charge in [0, 0.05) is 23.4 Å². The number of allylic oxidation sites excluding steroid dienone is 1. The van der Waals surface area contributed by atoms with E-state index in [0.29, 0.717) is 41.4 Å². The van der Waals surface area contributed by atoms with Gasteiger partial charge in [-0.2, -0.15) is 9.78 Å². The summed E-state index contributed by atoms with van der Waals surface area (Å²) in [5.74, 6) is 1.09. The lowest BCUT2D eigenvalue weighted by atomic mass is 10.1. The highest BCUT2D eigenvalue weighted by molar-refractivity contribution is 5.98. The third-order valence-corrected chi connectivity index (χ3v) is 5.54. The summed E-state index contributed by atoms with van der Waals surface area (Å²) in [7, 11) is 0. The number of para-hydroxylation sites is 2. The van der Waals surface area contributed by atoms with Crippen LogP contribution in [0.2, 0.25) is 0 Å². The molecule has 0 aliphatic carbocycles. The Hall–Kier alpha value is -4.72. The molecular formula is C26H19N5O3. The lowest BCUT2D eigenvalue weighted by Gasteiger charge is -2.18. The van der Waals surface area contributed by atoms with Crippen molar-refractivity contribution in [1.82, 2.24) is 24.8 Å². The number of hydrogen-bond donors (Lipinski definition) is 0. The van der Waals surface area contributed by atoms with Gasteiger partial charge in [-0.15, -0.1) is 5.10 Å². The molecular weight excluding hydrogens is 430 g/mol. The van der Waals surface area contributed by atoms with Crippen molar-refractivity contribution in [3.8, 4) is 28.4 Å². The van der Waals surface area contributed by atoms with Crippen LogP contribution in [0, 0.1) is 0 Å². The van der Waals surface area contributed by atoms with Crippen LogP contribution in [0.4, 0.5) is 0 Å². The Morgan fingerprint density at radius 2 is 1.71 bits per heavy atom. The summed E-state index contributed by atoms with van der Waals surface area (Å²) in [5, 5.41) is 12.9. The van der Waals surface area contributed by atoms with Gasteiger partial charge < -0.3 is 9.47 Å². The summed E-state index contributed by atoms with van der Waals surface area (Å²) in [6, 6.07) is 22.9. The van der Waals surface area contributed by atoms with E-state index in [2.05, 4.69) is 10.3 Å². The van der Waals surface area contributed by atoms with E-state index >= 15 is 0 Å². The summed E-state index contributed by atoms with van der Waals surface area (Å²) in [6.45, 7) is 1.03. The van der Waals surface area contributed by atoms with Gasteiger partial charge in [-0.3, -0.25) is 4.79 Å². The smallest absolute Gasteiger partial charge is 0.272 e. The highest BCUT2D eigenvalue weighted by Crippen LogP contribution is 2.35. The molecule has 3 aromatic carbocycles. The lowest BCUT2D eigenvalue weighted by molar-refractivity contribution is 0.0958. The highest BCUT2D eigenvalue weighted by Gasteiger charge is 2.17. The number of carbonyl (C=O) groups excluding carboxylic acids is 1. The number of aromatic nitrogens is 5. The molecule has 0 N–H and O–H groups in total. The first kappa shape index (κ1) is 19.9. The van der Waals surface area contributed by atoms with Gasteiger partial charge in [-0.1, -0.05) is 35.5 Å². The van der Waals surface area contributed by atoms with Crippen molar-refractivity contribution in [2.24, 2.45) is 0 Å². The molecule has 0 unspecified atom stereocenters. The molecule has 0 amide bonds. The molecule has 0 atom stereocenters. The van der Waals surface area contributed by atoms with Crippen LogP contribution < -0.4 is 9.47 Å². The fourth-order valence-electron chi connectivity index (χ4n) is 3.90. The molecule has 8 nitrogen and oxygen atoms in total. The Labute approximate surface area is 194 Å². The molecule has 1 aliphatic heterocycles. The first-order chi connectivity index (χ1) is 16.8. The Bertz CT molecular complexity index is 1530. The molecule has 0 bridgehead atoms. The Kier molecular flexibility index (Phi) is 4.88. The molecule has 0 spiro atoms. The number of fused-ring (bicyclic) bond motifs is 2. The second-order valence-electron chi connectivity index (χ2n) is 7.73. The molecule has 1 aliphatic rings. The summed E-state index contributed by atoms with van der Waals surface area (Å²) < 4.78 is 14.5. The molecule has 6 rings (SSSR count). The third kappa shape index (κ3) is 3.61. The number of benzene rings is 3. The zero-order valence-electron chi connectivity index (χ0n) is 18.0. The molecule has 0 saturated carbocycles. The van der Waals surface area contributed by atoms with Crippen LogP contribution in [0.1, 0.15) is 10.4 Å². The fourth-order valence-corrected chi connectivity index (χ4v) is 3.90. The third-order valence-electron chi connectivity index (χ3n) is 5.54. The Balaban J connectivity index is 1.40. The van der Waals surface area contributed by atoms with Gasteiger partial charge in [0.1, 0.15) is 24.4 Å². The van der Waals surface area contributed by atoms with Crippen LogP contribution in [0.25, 0.3) is 34.1 Å². The molecule has 3 heterocycles. The van der Waals surface area contributed by atoms with Crippen LogP contribution in [0.15, 0.2) is 85.1 Å². The number of ether oxygens (including phenoxy) is 2. The van der Waals surface area contributed by atoms with Crippen LogP contribution in [0.3, 0.4) is 0 Å². The van der Waals surface area contributed by atoms with Crippen molar-refractivity contribution in [2.75, 3.05) is 13.2 Å². The second-order valence-corrected chi connectivity index (χ2v) is 7.73. The minimum atomic E-state index is -0.297. The predicted octanol–water partition coefficient (Wildman–Crippen LogP) is 4.41. The number of rotatable bonds is 4. The van der Waals surface area contributed by atoms with Gasteiger partial charge in [0.05, 0.1) is 11.2 Å². The molecule has 166 valence electrons. The van der Waals surface area contributed by atoms with Crippen molar-refractivity contribution in [3.63, 3.8) is 0 Å². The van der Waals surface area contributed by atoms with E-state index in [1.807, 2.05) is 79.0 Å². The fraction of sp³-hybridized carbons (Fsp3) is 0.0769. The second kappa shape index (κ2) is 8.32. The normalized spacial score (nSPS) is 12.9. The van der Waals surface area contributed by atoms with E-state index in [0.717, 1.165) is 16.8 Å². The summed E-state index contributed by atoms with van der Waals surface area (Å²) >= 11 is 0. The van der Waals surface area contributed by atoms with E-state index in [1.54, 1.807) is 10.8 Å². The predicted molar refractivity (Wildman–Crippen MR) is 127 cm³/mol. The molecule has 8 heteroatoms. The SMILES string of the molecule is O=C(C=Cc1cn(-c2ccccc2)nc1-c1ccc2c(c1)OCCO2)n1nnc2ccccc21. The van der Waals surface area contributed by atoms with E-state index < -0.39 is 0 Å². The van der Waals surface area contributed by atoms with Gasteiger partial charge in [0.2, 0.25) is 0 Å². The van der Waals surface area contributed by atoms with Crippen molar-refractivity contribution >= 4 is 23.0 Å². The first-order valence-electron chi connectivity index (χ1n) is 10.8.